The molecular formula is C21H25ClN4O4S. The lowest BCUT2D eigenvalue weighted by Gasteiger charge is -2.29. The van der Waals surface area contributed by atoms with Crippen LogP contribution in [-0.4, -0.2) is 65.6 Å². The minimum absolute atomic E-state index is 0.226. The number of rotatable bonds is 6. The number of nitrogens with zero attached hydrogens (tertiary/aromatic N) is 4. The summed E-state index contributed by atoms with van der Waals surface area (Å²) in [5, 5.41) is 17.5. The Morgan fingerprint density at radius 3 is 2.26 bits per heavy atom. The molecule has 1 aliphatic rings. The number of halogens is 1. The maximum Gasteiger partial charge on any atom is 0.354 e. The highest BCUT2D eigenvalue weighted by atomic mass is 35.5. The summed E-state index contributed by atoms with van der Waals surface area (Å²) in [6, 6.07) is 14.7. The van der Waals surface area contributed by atoms with E-state index in [1.54, 1.807) is 62.4 Å². The smallest absolute Gasteiger partial charge is 0.354 e. The van der Waals surface area contributed by atoms with Crippen molar-refractivity contribution in [1.82, 2.24) is 13.6 Å². The number of hydrogen-bond acceptors (Lipinski definition) is 5. The average Bonchev–Trinajstić information content (AvgIpc) is 3.13. The van der Waals surface area contributed by atoms with E-state index in [9.17, 15) is 18.3 Å². The van der Waals surface area contributed by atoms with E-state index in [2.05, 4.69) is 5.10 Å². The number of urea groups is 1. The quantitative estimate of drug-likeness (QED) is 0.711. The lowest BCUT2D eigenvalue weighted by molar-refractivity contribution is 0.0900. The highest BCUT2D eigenvalue weighted by Crippen LogP contribution is 2.34. The molecule has 1 heterocycles. The third-order valence-corrected chi connectivity index (χ3v) is 7.50. The summed E-state index contributed by atoms with van der Waals surface area (Å²) >= 11 is 5.99. The van der Waals surface area contributed by atoms with Crippen molar-refractivity contribution in [2.24, 2.45) is 5.10 Å². The van der Waals surface area contributed by atoms with Crippen LogP contribution in [0.3, 0.4) is 0 Å². The molecule has 2 aromatic rings. The molecule has 0 aromatic heterocycles. The molecule has 1 N–H and O–H groups in total. The second-order valence-electron chi connectivity index (χ2n) is 7.08. The monoisotopic (exact) mass is 464 g/mol. The first-order valence-corrected chi connectivity index (χ1v) is 11.6. The number of amides is 2. The lowest BCUT2D eigenvalue weighted by Crippen LogP contribution is -2.49. The van der Waals surface area contributed by atoms with Crippen molar-refractivity contribution in [3.8, 4) is 0 Å². The van der Waals surface area contributed by atoms with Gasteiger partial charge in [0.2, 0.25) is 0 Å². The summed E-state index contributed by atoms with van der Waals surface area (Å²) in [4.78, 5) is 13.1. The van der Waals surface area contributed by atoms with E-state index >= 15 is 0 Å². The van der Waals surface area contributed by atoms with Gasteiger partial charge in [0.1, 0.15) is 5.71 Å². The minimum Gasteiger partial charge on any atom is -0.377 e. The average molecular weight is 465 g/mol. The second-order valence-corrected chi connectivity index (χ2v) is 9.48. The van der Waals surface area contributed by atoms with Gasteiger partial charge in [0.05, 0.1) is 6.54 Å². The second kappa shape index (κ2) is 8.96. The summed E-state index contributed by atoms with van der Waals surface area (Å²) < 4.78 is 27.4. The largest absolute Gasteiger partial charge is 0.377 e. The molecule has 0 saturated heterocycles. The van der Waals surface area contributed by atoms with E-state index in [0.717, 1.165) is 5.01 Å². The van der Waals surface area contributed by atoms with Crippen LogP contribution >= 0.6 is 11.6 Å². The van der Waals surface area contributed by atoms with E-state index in [1.807, 2.05) is 6.07 Å². The summed E-state index contributed by atoms with van der Waals surface area (Å²) in [7, 11) is -2.83. The number of aliphatic hydroxyl groups is 1. The first-order chi connectivity index (χ1) is 14.6. The van der Waals surface area contributed by atoms with E-state index in [0.29, 0.717) is 20.5 Å². The van der Waals surface area contributed by atoms with Crippen molar-refractivity contribution >= 4 is 33.6 Å². The zero-order valence-electron chi connectivity index (χ0n) is 17.6. The molecule has 0 aliphatic carbocycles. The van der Waals surface area contributed by atoms with E-state index in [-0.39, 0.29) is 25.3 Å². The molecule has 1 unspecified atom stereocenters. The number of hydrogen-bond donors (Lipinski definition) is 1. The van der Waals surface area contributed by atoms with Crippen molar-refractivity contribution in [3.05, 3.63) is 70.7 Å². The van der Waals surface area contributed by atoms with Crippen LogP contribution in [0.1, 0.15) is 25.0 Å². The summed E-state index contributed by atoms with van der Waals surface area (Å²) in [5.41, 5.74) is -0.282. The number of carbonyl (C=O) groups is 1. The van der Waals surface area contributed by atoms with Gasteiger partial charge in [-0.05, 0) is 17.7 Å². The van der Waals surface area contributed by atoms with Gasteiger partial charge >= 0.3 is 16.2 Å². The van der Waals surface area contributed by atoms with Crippen molar-refractivity contribution in [1.29, 1.82) is 0 Å². The maximum absolute atomic E-state index is 13.1. The third-order valence-electron chi connectivity index (χ3n) is 5.23. The van der Waals surface area contributed by atoms with Crippen LogP contribution in [0.5, 0.6) is 0 Å². The number of β-amino-alcohol motifs (C(OH)–C–C–N with tert-alkyl or cyclic N) is 1. The summed E-state index contributed by atoms with van der Waals surface area (Å²) in [5.74, 6) is 0. The minimum atomic E-state index is -4.02. The molecule has 0 bridgehead atoms. The van der Waals surface area contributed by atoms with Gasteiger partial charge in [0, 0.05) is 30.7 Å². The Labute approximate surface area is 187 Å². The Balaban J connectivity index is 2.02. The van der Waals surface area contributed by atoms with E-state index in [4.69, 9.17) is 11.6 Å². The third kappa shape index (κ3) is 4.31. The molecule has 0 radical (unpaired) electrons. The summed E-state index contributed by atoms with van der Waals surface area (Å²) in [6.07, 6.45) is 0. The molecule has 2 aromatic carbocycles. The molecular weight excluding hydrogens is 440 g/mol. The predicted octanol–water partition coefficient (Wildman–Crippen LogP) is 2.89. The molecule has 0 spiro atoms. The highest BCUT2D eigenvalue weighted by Gasteiger charge is 2.46. The van der Waals surface area contributed by atoms with Crippen LogP contribution in [0.4, 0.5) is 4.79 Å². The molecule has 0 saturated carbocycles. The fourth-order valence-corrected chi connectivity index (χ4v) is 4.89. The lowest BCUT2D eigenvalue weighted by atomic mass is 9.86. The van der Waals surface area contributed by atoms with Gasteiger partial charge in [-0.1, -0.05) is 67.9 Å². The Morgan fingerprint density at radius 1 is 1.13 bits per heavy atom. The zero-order valence-corrected chi connectivity index (χ0v) is 19.1. The van der Waals surface area contributed by atoms with Crippen LogP contribution < -0.4 is 0 Å². The summed E-state index contributed by atoms with van der Waals surface area (Å²) in [6.45, 7) is 3.61. The van der Waals surface area contributed by atoms with Crippen molar-refractivity contribution in [3.63, 3.8) is 0 Å². The predicted molar refractivity (Wildman–Crippen MR) is 120 cm³/mol. The van der Waals surface area contributed by atoms with Gasteiger partial charge < -0.3 is 5.11 Å². The molecule has 1 atom stereocenters. The number of benzene rings is 2. The van der Waals surface area contributed by atoms with Gasteiger partial charge in [-0.15, -0.1) is 0 Å². The van der Waals surface area contributed by atoms with Gasteiger partial charge in [0.25, 0.3) is 0 Å². The normalized spacial score (nSPS) is 18.9. The topological polar surface area (TPSA) is 93.5 Å². The molecule has 8 nitrogen and oxygen atoms in total. The molecule has 0 fully saturated rings. The molecule has 1 aliphatic heterocycles. The fraction of sp³-hybridized carbons (Fsp3) is 0.333. The van der Waals surface area contributed by atoms with Crippen molar-refractivity contribution in [2.75, 3.05) is 26.7 Å². The molecule has 3 rings (SSSR count). The van der Waals surface area contributed by atoms with Gasteiger partial charge in [-0.3, -0.25) is 0 Å². The SMILES string of the molecule is CCN(CC)S(=O)(=O)N(C)C(=O)N1CC(O)(c2ccccc2)C(c2ccc(Cl)cc2)=N1. The molecule has 10 heteroatoms. The first kappa shape index (κ1) is 23.2. The number of hydrazone groups is 1. The molecule has 2 amide bonds. The fourth-order valence-electron chi connectivity index (χ4n) is 3.47. The van der Waals surface area contributed by atoms with E-state index < -0.39 is 21.8 Å². The number of carbonyl (C=O) groups excluding carboxylic acids is 1. The van der Waals surface area contributed by atoms with Crippen LogP contribution in [0, 0.1) is 0 Å². The molecule has 166 valence electrons. The van der Waals surface area contributed by atoms with Crippen LogP contribution in [0.25, 0.3) is 0 Å². The first-order valence-electron chi connectivity index (χ1n) is 9.83. The molecule has 31 heavy (non-hydrogen) atoms. The van der Waals surface area contributed by atoms with Crippen LogP contribution in [-0.2, 0) is 15.8 Å². The Hall–Kier alpha value is -2.46. The Morgan fingerprint density at radius 2 is 1.71 bits per heavy atom. The van der Waals surface area contributed by atoms with Crippen molar-refractivity contribution < 1.29 is 18.3 Å². The van der Waals surface area contributed by atoms with Crippen molar-refractivity contribution in [2.45, 2.75) is 19.4 Å². The van der Waals surface area contributed by atoms with Crippen LogP contribution in [0.2, 0.25) is 5.02 Å². The highest BCUT2D eigenvalue weighted by molar-refractivity contribution is 7.87. The van der Waals surface area contributed by atoms with Crippen LogP contribution in [0.15, 0.2) is 59.7 Å². The Kier molecular flexibility index (Phi) is 6.70. The standard InChI is InChI=1S/C21H25ClN4O4S/c1-4-25(5-2)31(29,30)24(3)20(27)26-15-21(28,17-9-7-6-8-10-17)19(23-26)16-11-13-18(22)14-12-16/h6-14,28H,4-5,15H2,1-3H3. The van der Waals surface area contributed by atoms with E-state index in [1.165, 1.54) is 11.4 Å². The van der Waals surface area contributed by atoms with Gasteiger partial charge in [-0.25, -0.2) is 14.1 Å². The zero-order chi connectivity index (χ0) is 22.8. The van der Waals surface area contributed by atoms with Gasteiger partial charge in [-0.2, -0.15) is 17.8 Å². The van der Waals surface area contributed by atoms with Gasteiger partial charge in [0.15, 0.2) is 5.60 Å². The maximum atomic E-state index is 13.1. The Bertz CT molecular complexity index is 1070.